The van der Waals surface area contributed by atoms with Crippen LogP contribution in [0, 0.1) is 0 Å². The van der Waals surface area contributed by atoms with Crippen molar-refractivity contribution in [3.05, 3.63) is 35.8 Å². The number of fused-ring (bicyclic) bond motifs is 2. The molecule has 1 amide bonds. The molecule has 1 aliphatic rings. The first-order chi connectivity index (χ1) is 15.7. The summed E-state index contributed by atoms with van der Waals surface area (Å²) >= 11 is 1.61. The number of likely N-dealkylation sites (tertiary alicyclic amines) is 1. The number of nitrogens with zero attached hydrogens (tertiary/aromatic N) is 6. The maximum absolute atomic E-state index is 12.3. The summed E-state index contributed by atoms with van der Waals surface area (Å²) in [4.78, 5) is 19.9. The molecule has 0 aliphatic carbocycles. The van der Waals surface area contributed by atoms with Crippen molar-refractivity contribution in [1.82, 2.24) is 29.3 Å². The molecule has 0 saturated carbocycles. The number of piperidine rings is 1. The zero-order chi connectivity index (χ0) is 23.3. The molecule has 8 nitrogen and oxygen atoms in total. The van der Waals surface area contributed by atoms with Gasteiger partial charge in [0.2, 0.25) is 4.96 Å². The smallest absolute Gasteiger partial charge is 0.410 e. The van der Waals surface area contributed by atoms with E-state index in [9.17, 15) is 4.79 Å². The van der Waals surface area contributed by atoms with Crippen LogP contribution in [-0.2, 0) is 18.2 Å². The van der Waals surface area contributed by atoms with E-state index in [0.29, 0.717) is 19.0 Å². The third-order valence-corrected chi connectivity index (χ3v) is 7.03. The Morgan fingerprint density at radius 2 is 1.94 bits per heavy atom. The van der Waals surface area contributed by atoms with Crippen molar-refractivity contribution in [2.24, 2.45) is 7.05 Å². The number of hydrogen-bond donors (Lipinski definition) is 0. The van der Waals surface area contributed by atoms with Crippen LogP contribution in [0.25, 0.3) is 26.4 Å². The van der Waals surface area contributed by atoms with Crippen molar-refractivity contribution >= 4 is 33.3 Å². The molecule has 9 heteroatoms. The minimum absolute atomic E-state index is 0.227. The largest absolute Gasteiger partial charge is 0.444 e. The predicted molar refractivity (Wildman–Crippen MR) is 130 cm³/mol. The monoisotopic (exact) mass is 466 g/mol. The summed E-state index contributed by atoms with van der Waals surface area (Å²) in [6.07, 6.45) is 6.57. The Kier molecular flexibility index (Phi) is 5.39. The average molecular weight is 467 g/mol. The summed E-state index contributed by atoms with van der Waals surface area (Å²) in [5, 5.41) is 11.5. The minimum Gasteiger partial charge on any atom is -0.444 e. The van der Waals surface area contributed by atoms with Crippen LogP contribution in [0.15, 0.2) is 24.5 Å². The van der Waals surface area contributed by atoms with Gasteiger partial charge in [0.25, 0.3) is 0 Å². The van der Waals surface area contributed by atoms with Crippen LogP contribution in [0.4, 0.5) is 4.79 Å². The summed E-state index contributed by atoms with van der Waals surface area (Å²) in [6, 6.07) is 4.36. The molecule has 3 aromatic heterocycles. The van der Waals surface area contributed by atoms with Crippen molar-refractivity contribution in [1.29, 1.82) is 0 Å². The molecule has 1 aromatic carbocycles. The number of benzene rings is 1. The zero-order valence-electron chi connectivity index (χ0n) is 19.8. The van der Waals surface area contributed by atoms with Crippen LogP contribution in [0.5, 0.6) is 0 Å². The first kappa shape index (κ1) is 21.9. The maximum Gasteiger partial charge on any atom is 0.410 e. The normalized spacial score (nSPS) is 15.6. The molecule has 0 N–H and O–H groups in total. The van der Waals surface area contributed by atoms with Gasteiger partial charge < -0.3 is 9.64 Å². The summed E-state index contributed by atoms with van der Waals surface area (Å²) in [6.45, 7) is 9.23. The third-order valence-electron chi connectivity index (χ3n) is 6.06. The Bertz CT molecular complexity index is 1290. The molecule has 33 heavy (non-hydrogen) atoms. The summed E-state index contributed by atoms with van der Waals surface area (Å²) < 4.78 is 9.27. The zero-order valence-corrected chi connectivity index (χ0v) is 20.6. The Morgan fingerprint density at radius 3 is 2.61 bits per heavy atom. The second kappa shape index (κ2) is 8.13. The lowest BCUT2D eigenvalue weighted by atomic mass is 9.94. The number of ether oxygens (including phenoxy) is 1. The number of hydrogen-bond acceptors (Lipinski definition) is 6. The van der Waals surface area contributed by atoms with E-state index in [4.69, 9.17) is 14.8 Å². The van der Waals surface area contributed by atoms with Gasteiger partial charge in [-0.25, -0.2) is 14.3 Å². The fourth-order valence-corrected chi connectivity index (χ4v) is 5.31. The standard InChI is InChI=1S/C24H30N6O2S/c1-6-15-11-17(12-18-13-28(5)26-20(15)18)21-27-30-14-19(25-22(30)33-21)16-7-9-29(10-8-16)23(31)32-24(2,3)4/h11-14,16H,6-10H2,1-5H3. The highest BCUT2D eigenvalue weighted by molar-refractivity contribution is 7.19. The highest BCUT2D eigenvalue weighted by Crippen LogP contribution is 2.33. The van der Waals surface area contributed by atoms with Crippen molar-refractivity contribution in [2.45, 2.75) is 58.5 Å². The molecular weight excluding hydrogens is 436 g/mol. The Labute approximate surface area is 197 Å². The van der Waals surface area contributed by atoms with Gasteiger partial charge >= 0.3 is 6.09 Å². The van der Waals surface area contributed by atoms with E-state index in [1.165, 1.54) is 5.56 Å². The van der Waals surface area contributed by atoms with Crippen LogP contribution >= 0.6 is 11.3 Å². The van der Waals surface area contributed by atoms with Crippen LogP contribution in [0.1, 0.15) is 57.7 Å². The van der Waals surface area contributed by atoms with E-state index in [1.54, 1.807) is 16.2 Å². The highest BCUT2D eigenvalue weighted by atomic mass is 32.1. The number of carbonyl (C=O) groups excluding carboxylic acids is 1. The average Bonchev–Trinajstić information content (AvgIpc) is 3.43. The van der Waals surface area contributed by atoms with Gasteiger partial charge in [-0.1, -0.05) is 18.3 Å². The van der Waals surface area contributed by atoms with Gasteiger partial charge in [-0.2, -0.15) is 10.2 Å². The molecule has 0 radical (unpaired) electrons. The number of imidazole rings is 1. The minimum atomic E-state index is -0.467. The van der Waals surface area contributed by atoms with E-state index in [2.05, 4.69) is 30.4 Å². The van der Waals surface area contributed by atoms with Gasteiger partial charge in [0.1, 0.15) is 10.6 Å². The SMILES string of the molecule is CCc1cc(-c2nn3cc(C4CCN(C(=O)OC(C)(C)C)CC4)nc3s2)cc2cn(C)nc12. The van der Waals surface area contributed by atoms with Gasteiger partial charge in [-0.05, 0) is 57.7 Å². The van der Waals surface area contributed by atoms with Crippen molar-refractivity contribution < 1.29 is 9.53 Å². The van der Waals surface area contributed by atoms with Crippen molar-refractivity contribution in [3.63, 3.8) is 0 Å². The Balaban J connectivity index is 1.33. The van der Waals surface area contributed by atoms with Gasteiger partial charge in [0.15, 0.2) is 0 Å². The highest BCUT2D eigenvalue weighted by Gasteiger charge is 2.29. The molecule has 1 saturated heterocycles. The number of amides is 1. The molecule has 4 heterocycles. The first-order valence-electron chi connectivity index (χ1n) is 11.5. The molecule has 174 valence electrons. The van der Waals surface area contributed by atoms with E-state index in [-0.39, 0.29) is 6.09 Å². The van der Waals surface area contributed by atoms with Crippen LogP contribution in [0.2, 0.25) is 0 Å². The lowest BCUT2D eigenvalue weighted by Gasteiger charge is -2.32. The summed E-state index contributed by atoms with van der Waals surface area (Å²) in [7, 11) is 1.95. The van der Waals surface area contributed by atoms with E-state index < -0.39 is 5.60 Å². The molecule has 0 unspecified atom stereocenters. The lowest BCUT2D eigenvalue weighted by molar-refractivity contribution is 0.0204. The molecule has 5 rings (SSSR count). The molecule has 0 spiro atoms. The van der Waals surface area contributed by atoms with Crippen LogP contribution in [-0.4, -0.2) is 54.1 Å². The summed E-state index contributed by atoms with van der Waals surface area (Å²) in [5.74, 6) is 0.333. The molecule has 1 fully saturated rings. The second-order valence-corrected chi connectivity index (χ2v) is 10.7. The fourth-order valence-electron chi connectivity index (χ4n) is 4.43. The summed E-state index contributed by atoms with van der Waals surface area (Å²) in [5.41, 5.74) is 3.99. The fraction of sp³-hybridized carbons (Fsp3) is 0.500. The van der Waals surface area contributed by atoms with E-state index in [0.717, 1.165) is 51.4 Å². The van der Waals surface area contributed by atoms with Crippen molar-refractivity contribution in [3.8, 4) is 10.6 Å². The van der Waals surface area contributed by atoms with Crippen LogP contribution < -0.4 is 0 Å². The maximum atomic E-state index is 12.3. The number of aryl methyl sites for hydroxylation is 2. The topological polar surface area (TPSA) is 77.5 Å². The molecule has 4 aromatic rings. The Morgan fingerprint density at radius 1 is 1.18 bits per heavy atom. The van der Waals surface area contributed by atoms with E-state index >= 15 is 0 Å². The van der Waals surface area contributed by atoms with Gasteiger partial charge in [0.05, 0.1) is 17.4 Å². The van der Waals surface area contributed by atoms with Gasteiger partial charge in [0, 0.05) is 43.2 Å². The second-order valence-electron chi connectivity index (χ2n) is 9.77. The molecule has 0 atom stereocenters. The van der Waals surface area contributed by atoms with Crippen molar-refractivity contribution in [2.75, 3.05) is 13.1 Å². The number of carbonyl (C=O) groups is 1. The Hall–Kier alpha value is -2.94. The number of aromatic nitrogens is 5. The van der Waals surface area contributed by atoms with E-state index in [1.807, 2.05) is 43.2 Å². The van der Waals surface area contributed by atoms with Gasteiger partial charge in [-0.15, -0.1) is 0 Å². The molecule has 0 bridgehead atoms. The molecular formula is C24H30N6O2S. The van der Waals surface area contributed by atoms with Crippen LogP contribution in [0.3, 0.4) is 0 Å². The number of rotatable bonds is 3. The third kappa shape index (κ3) is 4.34. The lowest BCUT2D eigenvalue weighted by Crippen LogP contribution is -2.41. The quantitative estimate of drug-likeness (QED) is 0.424. The predicted octanol–water partition coefficient (Wildman–Crippen LogP) is 5.02. The molecule has 1 aliphatic heterocycles. The van der Waals surface area contributed by atoms with Gasteiger partial charge in [-0.3, -0.25) is 4.68 Å². The first-order valence-corrected chi connectivity index (χ1v) is 12.3.